The number of nitrogens with one attached hydrogen (secondary N) is 1. The van der Waals surface area contributed by atoms with Gasteiger partial charge in [0.2, 0.25) is 5.91 Å². The van der Waals surface area contributed by atoms with E-state index in [9.17, 15) is 14.9 Å². The van der Waals surface area contributed by atoms with Gasteiger partial charge in [-0.2, -0.15) is 0 Å². The quantitative estimate of drug-likeness (QED) is 0.448. The number of benzene rings is 1. The highest BCUT2D eigenvalue weighted by molar-refractivity contribution is 8.00. The largest absolute Gasteiger partial charge is 0.496 e. The number of rotatable bonds is 7. The predicted octanol–water partition coefficient (Wildman–Crippen LogP) is 2.73. The number of nitrogens with zero attached hydrogens (tertiary/aromatic N) is 4. The van der Waals surface area contributed by atoms with E-state index in [1.165, 1.54) is 31.0 Å². The average molecular weight is 377 g/mol. The van der Waals surface area contributed by atoms with Crippen molar-refractivity contribution in [1.29, 1.82) is 0 Å². The Balaban J connectivity index is 1.70. The van der Waals surface area contributed by atoms with E-state index in [1.807, 2.05) is 11.6 Å². The van der Waals surface area contributed by atoms with Crippen LogP contribution in [0.15, 0.2) is 23.4 Å². The smallest absolute Gasteiger partial charge is 0.296 e. The van der Waals surface area contributed by atoms with E-state index >= 15 is 0 Å². The zero-order chi connectivity index (χ0) is 18.8. The monoisotopic (exact) mass is 377 g/mol. The molecule has 9 nitrogen and oxygen atoms in total. The first-order valence-electron chi connectivity index (χ1n) is 8.10. The van der Waals surface area contributed by atoms with Crippen molar-refractivity contribution in [3.05, 3.63) is 34.1 Å². The first-order valence-corrected chi connectivity index (χ1v) is 8.98. The van der Waals surface area contributed by atoms with Gasteiger partial charge < -0.3 is 14.6 Å². The van der Waals surface area contributed by atoms with Crippen LogP contribution >= 0.6 is 11.8 Å². The molecule has 1 heterocycles. The van der Waals surface area contributed by atoms with Gasteiger partial charge in [-0.15, -0.1) is 10.2 Å². The maximum absolute atomic E-state index is 12.5. The molecule has 10 heteroatoms. The number of nitro groups is 1. The molecular weight excluding hydrogens is 358 g/mol. The summed E-state index contributed by atoms with van der Waals surface area (Å²) >= 11 is 1.27. The minimum Gasteiger partial charge on any atom is -0.496 e. The maximum Gasteiger partial charge on any atom is 0.296 e. The number of amides is 1. The Kier molecular flexibility index (Phi) is 5.12. The second-order valence-electron chi connectivity index (χ2n) is 6.06. The molecule has 3 rings (SSSR count). The zero-order valence-electron chi connectivity index (χ0n) is 14.6. The van der Waals surface area contributed by atoms with E-state index in [-0.39, 0.29) is 17.3 Å². The van der Waals surface area contributed by atoms with Crippen molar-refractivity contribution in [3.63, 3.8) is 0 Å². The highest BCUT2D eigenvalue weighted by Gasteiger charge is 2.30. The Bertz CT molecular complexity index is 849. The van der Waals surface area contributed by atoms with E-state index in [0.717, 1.165) is 18.7 Å². The minimum absolute atomic E-state index is 0.130. The molecule has 0 aliphatic heterocycles. The van der Waals surface area contributed by atoms with Crippen molar-refractivity contribution >= 4 is 29.0 Å². The van der Waals surface area contributed by atoms with Crippen molar-refractivity contribution in [3.8, 4) is 5.75 Å². The predicted molar refractivity (Wildman–Crippen MR) is 96.6 cm³/mol. The molecule has 0 bridgehead atoms. The van der Waals surface area contributed by atoms with Crippen LogP contribution in [-0.2, 0) is 11.8 Å². The van der Waals surface area contributed by atoms with Crippen molar-refractivity contribution in [1.82, 2.24) is 14.8 Å². The van der Waals surface area contributed by atoms with Crippen LogP contribution < -0.4 is 10.1 Å². The van der Waals surface area contributed by atoms with Gasteiger partial charge >= 0.3 is 0 Å². The molecular formula is C16H19N5O4S. The number of hydrogen-bond acceptors (Lipinski definition) is 7. The van der Waals surface area contributed by atoms with Gasteiger partial charge in [-0.3, -0.25) is 14.9 Å². The molecule has 1 saturated carbocycles. The van der Waals surface area contributed by atoms with Crippen molar-refractivity contribution in [2.45, 2.75) is 36.1 Å². The Labute approximate surface area is 154 Å². The number of carbonyl (C=O) groups is 1. The standard InChI is InChI=1S/C16H19N5O4S/c1-9(26-16-19-18-14(20(16)2)10-4-5-10)15(22)17-12-7-6-11(25-3)8-13(12)21(23)24/h6-10H,4-5H2,1-3H3,(H,17,22)/t9-/m0/s1. The fourth-order valence-electron chi connectivity index (χ4n) is 2.47. The van der Waals surface area contributed by atoms with Crippen LogP contribution in [0, 0.1) is 10.1 Å². The van der Waals surface area contributed by atoms with Crippen LogP contribution in [0.4, 0.5) is 11.4 Å². The number of carbonyl (C=O) groups excluding carboxylic acids is 1. The first kappa shape index (κ1) is 18.2. The second kappa shape index (κ2) is 7.32. The molecule has 1 aromatic carbocycles. The van der Waals surface area contributed by atoms with Gasteiger partial charge in [0.05, 0.1) is 23.3 Å². The summed E-state index contributed by atoms with van der Waals surface area (Å²) in [6.45, 7) is 1.72. The Hall–Kier alpha value is -2.62. The van der Waals surface area contributed by atoms with Gasteiger partial charge in [0.25, 0.3) is 5.69 Å². The van der Waals surface area contributed by atoms with Gasteiger partial charge in [0, 0.05) is 13.0 Å². The number of hydrogen-bond donors (Lipinski definition) is 1. The third kappa shape index (κ3) is 3.79. The fourth-order valence-corrected chi connectivity index (χ4v) is 3.29. The second-order valence-corrected chi connectivity index (χ2v) is 7.37. The fraction of sp³-hybridized carbons (Fsp3) is 0.438. The van der Waals surface area contributed by atoms with Gasteiger partial charge in [0.1, 0.15) is 17.3 Å². The summed E-state index contributed by atoms with van der Waals surface area (Å²) in [4.78, 5) is 23.1. The molecule has 0 saturated heterocycles. The third-order valence-electron chi connectivity index (χ3n) is 4.12. The van der Waals surface area contributed by atoms with E-state index in [1.54, 1.807) is 13.0 Å². The summed E-state index contributed by atoms with van der Waals surface area (Å²) < 4.78 is 6.90. The summed E-state index contributed by atoms with van der Waals surface area (Å²) in [5.41, 5.74) is -0.0885. The van der Waals surface area contributed by atoms with Gasteiger partial charge in [-0.1, -0.05) is 11.8 Å². The molecule has 26 heavy (non-hydrogen) atoms. The average Bonchev–Trinajstić information content (AvgIpc) is 3.40. The van der Waals surface area contributed by atoms with Crippen molar-refractivity contribution in [2.75, 3.05) is 12.4 Å². The lowest BCUT2D eigenvalue weighted by atomic mass is 10.2. The van der Waals surface area contributed by atoms with Gasteiger partial charge in [-0.05, 0) is 31.9 Å². The lowest BCUT2D eigenvalue weighted by Gasteiger charge is -2.12. The normalized spacial score (nSPS) is 14.7. The van der Waals surface area contributed by atoms with Gasteiger partial charge in [0.15, 0.2) is 5.16 Å². The van der Waals surface area contributed by atoms with E-state index in [4.69, 9.17) is 4.74 Å². The molecule has 0 unspecified atom stereocenters. The van der Waals surface area contributed by atoms with Gasteiger partial charge in [-0.25, -0.2) is 0 Å². The third-order valence-corrected chi connectivity index (χ3v) is 5.26. The molecule has 1 aromatic heterocycles. The minimum atomic E-state index is -0.555. The summed E-state index contributed by atoms with van der Waals surface area (Å²) in [5, 5.41) is 22.3. The highest BCUT2D eigenvalue weighted by atomic mass is 32.2. The SMILES string of the molecule is COc1ccc(NC(=O)[C@H](C)Sc2nnc(C3CC3)n2C)c([N+](=O)[O-])c1. The zero-order valence-corrected chi connectivity index (χ0v) is 15.4. The topological polar surface area (TPSA) is 112 Å². The van der Waals surface area contributed by atoms with Crippen molar-refractivity contribution in [2.24, 2.45) is 7.05 Å². The molecule has 1 aliphatic rings. The molecule has 1 N–H and O–H groups in total. The van der Waals surface area contributed by atoms with Crippen molar-refractivity contribution < 1.29 is 14.5 Å². The van der Waals surface area contributed by atoms with Crippen LogP contribution in [0.1, 0.15) is 31.5 Å². The number of ether oxygens (including phenoxy) is 1. The van der Waals surface area contributed by atoms with Crippen LogP contribution in [0.3, 0.4) is 0 Å². The Morgan fingerprint density at radius 2 is 2.19 bits per heavy atom. The summed E-state index contributed by atoms with van der Waals surface area (Å²) in [5.74, 6) is 1.40. The molecule has 138 valence electrons. The summed E-state index contributed by atoms with van der Waals surface area (Å²) in [6.07, 6.45) is 2.24. The van der Waals surface area contributed by atoms with E-state index in [2.05, 4.69) is 15.5 Å². The lowest BCUT2D eigenvalue weighted by Crippen LogP contribution is -2.23. The Morgan fingerprint density at radius 1 is 1.46 bits per heavy atom. The molecule has 0 spiro atoms. The highest BCUT2D eigenvalue weighted by Crippen LogP contribution is 2.40. The number of nitro benzene ring substituents is 1. The maximum atomic E-state index is 12.5. The van der Waals surface area contributed by atoms with Crippen LogP contribution in [-0.4, -0.2) is 38.0 Å². The molecule has 0 radical (unpaired) electrons. The number of aromatic nitrogens is 3. The van der Waals surface area contributed by atoms with Crippen LogP contribution in [0.25, 0.3) is 0 Å². The first-order chi connectivity index (χ1) is 12.4. The number of methoxy groups -OCH3 is 1. The number of thioether (sulfide) groups is 1. The van der Waals surface area contributed by atoms with E-state index in [0.29, 0.717) is 16.8 Å². The Morgan fingerprint density at radius 3 is 2.81 bits per heavy atom. The van der Waals surface area contributed by atoms with Crippen LogP contribution in [0.5, 0.6) is 5.75 Å². The van der Waals surface area contributed by atoms with E-state index < -0.39 is 10.2 Å². The molecule has 1 fully saturated rings. The molecule has 2 aromatic rings. The molecule has 1 amide bonds. The van der Waals surface area contributed by atoms with Crippen LogP contribution in [0.2, 0.25) is 0 Å². The summed E-state index contributed by atoms with van der Waals surface area (Å²) in [6, 6.07) is 4.29. The summed E-state index contributed by atoms with van der Waals surface area (Å²) in [7, 11) is 3.31. The molecule has 1 atom stereocenters. The lowest BCUT2D eigenvalue weighted by molar-refractivity contribution is -0.384. The number of anilines is 1. The molecule has 1 aliphatic carbocycles.